The molecule has 7 heteroatoms. The van der Waals surface area contributed by atoms with Crippen molar-refractivity contribution >= 4 is 16.8 Å². The van der Waals surface area contributed by atoms with Crippen molar-refractivity contribution in [3.05, 3.63) is 65.6 Å². The molecule has 0 fully saturated rings. The summed E-state index contributed by atoms with van der Waals surface area (Å²) in [6.45, 7) is 3.96. The highest BCUT2D eigenvalue weighted by Gasteiger charge is 2.16. The third-order valence-electron chi connectivity index (χ3n) is 5.03. The molecular formula is C23H21FN4O2. The Morgan fingerprint density at radius 1 is 1.20 bits per heavy atom. The summed E-state index contributed by atoms with van der Waals surface area (Å²) in [5.41, 5.74) is 4.30. The van der Waals surface area contributed by atoms with Gasteiger partial charge in [0, 0.05) is 34.8 Å². The van der Waals surface area contributed by atoms with Crippen LogP contribution in [0.4, 0.5) is 4.39 Å². The lowest BCUT2D eigenvalue weighted by Gasteiger charge is -2.10. The molecule has 0 aliphatic rings. The monoisotopic (exact) mass is 404 g/mol. The molecule has 0 unspecified atom stereocenters. The van der Waals surface area contributed by atoms with Crippen LogP contribution in [0.1, 0.15) is 22.8 Å². The zero-order valence-corrected chi connectivity index (χ0v) is 16.9. The van der Waals surface area contributed by atoms with Crippen molar-refractivity contribution in [1.29, 1.82) is 0 Å². The van der Waals surface area contributed by atoms with E-state index in [0.29, 0.717) is 23.4 Å². The number of rotatable bonds is 5. The molecule has 0 aliphatic carbocycles. The van der Waals surface area contributed by atoms with E-state index in [1.807, 2.05) is 37.3 Å². The number of nitrogens with zero attached hydrogens (tertiary/aromatic N) is 2. The molecule has 4 rings (SSSR count). The zero-order valence-electron chi connectivity index (χ0n) is 16.9. The SMILES string of the molecule is CCNC(=O)c1cc(F)c(C)c(-c2cc3[nH]nc(-c4ccc(OC)cc4)c3cn2)c1. The Hall–Kier alpha value is -3.74. The van der Waals surface area contributed by atoms with Gasteiger partial charge in [0.25, 0.3) is 5.91 Å². The number of carbonyl (C=O) groups is 1. The summed E-state index contributed by atoms with van der Waals surface area (Å²) in [5.74, 6) is 0.00439. The minimum Gasteiger partial charge on any atom is -0.497 e. The Labute approximate surface area is 173 Å². The van der Waals surface area contributed by atoms with Crippen LogP contribution in [-0.4, -0.2) is 34.7 Å². The lowest BCUT2D eigenvalue weighted by Crippen LogP contribution is -2.23. The molecule has 152 valence electrons. The van der Waals surface area contributed by atoms with Crippen LogP contribution in [0.15, 0.2) is 48.7 Å². The smallest absolute Gasteiger partial charge is 0.251 e. The number of fused-ring (bicyclic) bond motifs is 1. The number of H-pyrrole nitrogens is 1. The molecule has 4 aromatic rings. The predicted octanol–water partition coefficient (Wildman–Crippen LogP) is 4.50. The normalized spacial score (nSPS) is 10.9. The number of carbonyl (C=O) groups excluding carboxylic acids is 1. The van der Waals surface area contributed by atoms with E-state index < -0.39 is 5.82 Å². The van der Waals surface area contributed by atoms with Crippen molar-refractivity contribution in [2.75, 3.05) is 13.7 Å². The van der Waals surface area contributed by atoms with E-state index in [-0.39, 0.29) is 11.5 Å². The Kier molecular flexibility index (Phi) is 5.18. The number of ether oxygens (including phenoxy) is 1. The first kappa shape index (κ1) is 19.6. The first-order valence-electron chi connectivity index (χ1n) is 9.59. The fraction of sp³-hybridized carbons (Fsp3) is 0.174. The van der Waals surface area contributed by atoms with Crippen LogP contribution in [0.2, 0.25) is 0 Å². The van der Waals surface area contributed by atoms with Gasteiger partial charge in [-0.25, -0.2) is 4.39 Å². The second-order valence-electron chi connectivity index (χ2n) is 6.91. The van der Waals surface area contributed by atoms with Gasteiger partial charge in [-0.1, -0.05) is 0 Å². The molecule has 2 heterocycles. The predicted molar refractivity (Wildman–Crippen MR) is 114 cm³/mol. The third kappa shape index (κ3) is 3.50. The van der Waals surface area contributed by atoms with Crippen LogP contribution >= 0.6 is 0 Å². The second kappa shape index (κ2) is 7.94. The lowest BCUT2D eigenvalue weighted by atomic mass is 10.00. The van der Waals surface area contributed by atoms with E-state index in [4.69, 9.17) is 4.74 Å². The third-order valence-corrected chi connectivity index (χ3v) is 5.03. The van der Waals surface area contributed by atoms with Crippen LogP contribution in [0, 0.1) is 12.7 Å². The number of methoxy groups -OCH3 is 1. The largest absolute Gasteiger partial charge is 0.497 e. The van der Waals surface area contributed by atoms with Gasteiger partial charge >= 0.3 is 0 Å². The highest BCUT2D eigenvalue weighted by atomic mass is 19.1. The van der Waals surface area contributed by atoms with Gasteiger partial charge < -0.3 is 10.1 Å². The molecule has 2 N–H and O–H groups in total. The molecule has 0 spiro atoms. The van der Waals surface area contributed by atoms with Gasteiger partial charge in [-0.05, 0) is 61.9 Å². The van der Waals surface area contributed by atoms with Gasteiger partial charge in [0.1, 0.15) is 17.3 Å². The maximum Gasteiger partial charge on any atom is 0.251 e. The number of aromatic amines is 1. The van der Waals surface area contributed by atoms with Crippen LogP contribution in [0.5, 0.6) is 5.75 Å². The molecule has 0 saturated carbocycles. The summed E-state index contributed by atoms with van der Waals surface area (Å²) in [5, 5.41) is 11.0. The molecule has 6 nitrogen and oxygen atoms in total. The molecular weight excluding hydrogens is 383 g/mol. The molecule has 2 aromatic heterocycles. The molecule has 0 saturated heterocycles. The van der Waals surface area contributed by atoms with Crippen LogP contribution < -0.4 is 10.1 Å². The minimum atomic E-state index is -0.445. The fourth-order valence-corrected chi connectivity index (χ4v) is 3.37. The first-order chi connectivity index (χ1) is 14.5. The summed E-state index contributed by atoms with van der Waals surface area (Å²) in [6, 6.07) is 12.3. The maximum atomic E-state index is 14.5. The van der Waals surface area contributed by atoms with E-state index in [2.05, 4.69) is 20.5 Å². The number of amides is 1. The van der Waals surface area contributed by atoms with Crippen molar-refractivity contribution in [1.82, 2.24) is 20.5 Å². The van der Waals surface area contributed by atoms with Crippen LogP contribution in [-0.2, 0) is 0 Å². The average molecular weight is 404 g/mol. The van der Waals surface area contributed by atoms with Crippen molar-refractivity contribution < 1.29 is 13.9 Å². The van der Waals surface area contributed by atoms with E-state index >= 15 is 0 Å². The van der Waals surface area contributed by atoms with Gasteiger partial charge in [-0.3, -0.25) is 14.9 Å². The quantitative estimate of drug-likeness (QED) is 0.513. The Bertz CT molecular complexity index is 1230. The Morgan fingerprint density at radius 2 is 1.97 bits per heavy atom. The summed E-state index contributed by atoms with van der Waals surface area (Å²) in [6.07, 6.45) is 1.71. The molecule has 30 heavy (non-hydrogen) atoms. The maximum absolute atomic E-state index is 14.5. The van der Waals surface area contributed by atoms with Crippen molar-refractivity contribution in [2.24, 2.45) is 0 Å². The van der Waals surface area contributed by atoms with Crippen LogP contribution in [0.3, 0.4) is 0 Å². The lowest BCUT2D eigenvalue weighted by molar-refractivity contribution is 0.0955. The summed E-state index contributed by atoms with van der Waals surface area (Å²) in [4.78, 5) is 16.7. The molecule has 2 aromatic carbocycles. The Balaban J connectivity index is 1.77. The Morgan fingerprint density at radius 3 is 2.67 bits per heavy atom. The fourth-order valence-electron chi connectivity index (χ4n) is 3.37. The van der Waals surface area contributed by atoms with Gasteiger partial charge in [0.05, 0.1) is 18.3 Å². The second-order valence-corrected chi connectivity index (χ2v) is 6.91. The van der Waals surface area contributed by atoms with E-state index in [9.17, 15) is 9.18 Å². The molecule has 1 amide bonds. The van der Waals surface area contributed by atoms with Gasteiger partial charge in [-0.15, -0.1) is 0 Å². The molecule has 0 aliphatic heterocycles. The van der Waals surface area contributed by atoms with E-state index in [0.717, 1.165) is 27.9 Å². The minimum absolute atomic E-state index is 0.264. The first-order valence-corrected chi connectivity index (χ1v) is 9.59. The van der Waals surface area contributed by atoms with Crippen LogP contribution in [0.25, 0.3) is 33.4 Å². The van der Waals surface area contributed by atoms with Crippen molar-refractivity contribution in [3.63, 3.8) is 0 Å². The summed E-state index contributed by atoms with van der Waals surface area (Å²) >= 11 is 0. The van der Waals surface area contributed by atoms with Crippen molar-refractivity contribution in [2.45, 2.75) is 13.8 Å². The highest BCUT2D eigenvalue weighted by Crippen LogP contribution is 2.31. The number of pyridine rings is 1. The molecule has 0 radical (unpaired) electrons. The van der Waals surface area contributed by atoms with Gasteiger partial charge in [-0.2, -0.15) is 5.10 Å². The van der Waals surface area contributed by atoms with E-state index in [1.54, 1.807) is 26.3 Å². The standard InChI is InChI=1S/C23H21FN4O2/c1-4-25-23(29)15-9-17(13(2)19(24)10-15)20-11-21-18(12-26-20)22(28-27-21)14-5-7-16(30-3)8-6-14/h5-12H,4H2,1-3H3,(H,25,29)(H,27,28). The highest BCUT2D eigenvalue weighted by molar-refractivity contribution is 5.97. The van der Waals surface area contributed by atoms with E-state index in [1.165, 1.54) is 6.07 Å². The van der Waals surface area contributed by atoms with Gasteiger partial charge in [0.2, 0.25) is 0 Å². The number of hydrogen-bond donors (Lipinski definition) is 2. The van der Waals surface area contributed by atoms with Gasteiger partial charge in [0.15, 0.2) is 0 Å². The number of benzene rings is 2. The van der Waals surface area contributed by atoms with Crippen molar-refractivity contribution in [3.8, 4) is 28.3 Å². The molecule has 0 bridgehead atoms. The number of aromatic nitrogens is 3. The molecule has 0 atom stereocenters. The zero-order chi connectivity index (χ0) is 21.3. The number of nitrogens with one attached hydrogen (secondary N) is 2. The average Bonchev–Trinajstić information content (AvgIpc) is 3.19. The summed E-state index contributed by atoms with van der Waals surface area (Å²) in [7, 11) is 1.62. The number of hydrogen-bond acceptors (Lipinski definition) is 4. The summed E-state index contributed by atoms with van der Waals surface area (Å²) < 4.78 is 19.7. The number of halogens is 1. The topological polar surface area (TPSA) is 79.9 Å².